The monoisotopic (exact) mass is 534 g/mol. The fraction of sp³-hybridized carbons (Fsp3) is 0.903. The van der Waals surface area contributed by atoms with Gasteiger partial charge < -0.3 is 4.74 Å². The maximum atomic E-state index is 12.4. The van der Waals surface area contributed by atoms with Gasteiger partial charge >= 0.3 is 5.97 Å². The molecule has 0 radical (unpaired) electrons. The predicted octanol–water partition coefficient (Wildman–Crippen LogP) is 9.11. The van der Waals surface area contributed by atoms with Gasteiger partial charge in [-0.15, -0.1) is 0 Å². The number of carbonyl (C=O) groups excluding carboxylic acids is 1. The molecule has 4 aliphatic carbocycles. The highest BCUT2D eigenvalue weighted by Crippen LogP contribution is 2.67. The molecule has 9 atom stereocenters. The highest BCUT2D eigenvalue weighted by Gasteiger charge is 2.59. The molecular formula is C31H51BrO2. The van der Waals surface area contributed by atoms with Gasteiger partial charge in [-0.05, 0) is 97.7 Å². The van der Waals surface area contributed by atoms with Crippen LogP contribution in [0.4, 0.5) is 0 Å². The summed E-state index contributed by atoms with van der Waals surface area (Å²) in [6.45, 7) is 14.6. The van der Waals surface area contributed by atoms with E-state index in [0.29, 0.717) is 10.8 Å². The normalized spacial score (nSPS) is 41.2. The minimum absolute atomic E-state index is 0.0710. The second-order valence-corrected chi connectivity index (χ2v) is 14.6. The third-order valence-corrected chi connectivity index (χ3v) is 12.2. The molecule has 0 aromatic carbocycles. The number of allylic oxidation sites excluding steroid dienone is 1. The van der Waals surface area contributed by atoms with Crippen LogP contribution in [0.15, 0.2) is 11.6 Å². The number of ether oxygens (including phenoxy) is 1. The Morgan fingerprint density at radius 1 is 1.09 bits per heavy atom. The second kappa shape index (κ2) is 10.6. The highest BCUT2D eigenvalue weighted by atomic mass is 79.9. The zero-order chi connectivity index (χ0) is 24.7. The Bertz CT molecular complexity index is 759. The molecule has 3 heteroatoms. The molecule has 4 rings (SSSR count). The van der Waals surface area contributed by atoms with E-state index in [0.717, 1.165) is 54.8 Å². The van der Waals surface area contributed by atoms with Crippen LogP contribution in [0.25, 0.3) is 0 Å². The molecule has 0 aromatic heterocycles. The molecule has 0 amide bonds. The quantitative estimate of drug-likeness (QED) is 0.176. The SMILES string of the molecule is CCC(Br)C(=O)O[C@H]1CC[C@@]2(C)C(=CC[C@H]3[C@@H]4CC[C@H](C(C)CCCC(C)C)[C@@]4(C)CC[C@@H]32)C1. The van der Waals surface area contributed by atoms with Gasteiger partial charge in [0.2, 0.25) is 0 Å². The average molecular weight is 536 g/mol. The molecule has 4 aliphatic rings. The molecular weight excluding hydrogens is 484 g/mol. The lowest BCUT2D eigenvalue weighted by Crippen LogP contribution is -2.51. The topological polar surface area (TPSA) is 26.3 Å². The zero-order valence-corrected chi connectivity index (χ0v) is 24.5. The van der Waals surface area contributed by atoms with Crippen LogP contribution in [0.1, 0.15) is 119 Å². The van der Waals surface area contributed by atoms with E-state index in [4.69, 9.17) is 4.74 Å². The van der Waals surface area contributed by atoms with E-state index in [1.165, 1.54) is 57.8 Å². The van der Waals surface area contributed by atoms with E-state index in [2.05, 4.69) is 56.6 Å². The molecule has 0 aliphatic heterocycles. The van der Waals surface area contributed by atoms with Crippen molar-refractivity contribution in [3.63, 3.8) is 0 Å². The van der Waals surface area contributed by atoms with Crippen molar-refractivity contribution in [1.82, 2.24) is 0 Å². The Morgan fingerprint density at radius 3 is 2.56 bits per heavy atom. The van der Waals surface area contributed by atoms with Crippen molar-refractivity contribution in [2.24, 2.45) is 46.3 Å². The zero-order valence-electron chi connectivity index (χ0n) is 22.9. The van der Waals surface area contributed by atoms with Gasteiger partial charge in [-0.25, -0.2) is 0 Å². The Hall–Kier alpha value is -0.310. The molecule has 3 saturated carbocycles. The Balaban J connectivity index is 1.43. The Morgan fingerprint density at radius 2 is 1.85 bits per heavy atom. The van der Waals surface area contributed by atoms with Crippen LogP contribution in [-0.2, 0) is 9.53 Å². The summed E-state index contributed by atoms with van der Waals surface area (Å²) in [5.74, 6) is 5.18. The number of hydrogen-bond donors (Lipinski definition) is 0. The number of alkyl halides is 1. The van der Waals surface area contributed by atoms with Gasteiger partial charge in [0.1, 0.15) is 10.9 Å². The first-order valence-corrected chi connectivity index (χ1v) is 15.6. The number of rotatable bonds is 8. The first-order chi connectivity index (χ1) is 16.1. The highest BCUT2D eigenvalue weighted by molar-refractivity contribution is 9.10. The van der Waals surface area contributed by atoms with Crippen LogP contribution in [0.5, 0.6) is 0 Å². The van der Waals surface area contributed by atoms with Gasteiger partial charge in [0, 0.05) is 6.42 Å². The molecule has 2 nitrogen and oxygen atoms in total. The van der Waals surface area contributed by atoms with Gasteiger partial charge in [0.15, 0.2) is 0 Å². The summed E-state index contributed by atoms with van der Waals surface area (Å²) in [4.78, 5) is 12.2. The maximum Gasteiger partial charge on any atom is 0.319 e. The lowest BCUT2D eigenvalue weighted by atomic mass is 9.47. The van der Waals surface area contributed by atoms with Crippen molar-refractivity contribution in [2.75, 3.05) is 0 Å². The van der Waals surface area contributed by atoms with Gasteiger partial charge in [-0.2, -0.15) is 0 Å². The molecule has 2 unspecified atom stereocenters. The van der Waals surface area contributed by atoms with Crippen LogP contribution in [0.3, 0.4) is 0 Å². The summed E-state index contributed by atoms with van der Waals surface area (Å²) in [6.07, 6.45) is 17.9. The van der Waals surface area contributed by atoms with Crippen LogP contribution in [-0.4, -0.2) is 16.9 Å². The number of carbonyl (C=O) groups is 1. The van der Waals surface area contributed by atoms with E-state index in [9.17, 15) is 4.79 Å². The molecule has 3 fully saturated rings. The largest absolute Gasteiger partial charge is 0.461 e. The molecule has 0 saturated heterocycles. The number of hydrogen-bond acceptors (Lipinski definition) is 2. The van der Waals surface area contributed by atoms with Gasteiger partial charge in [-0.1, -0.05) is 88.4 Å². The predicted molar refractivity (Wildman–Crippen MR) is 146 cm³/mol. The van der Waals surface area contributed by atoms with Gasteiger partial charge in [-0.3, -0.25) is 4.79 Å². The number of halogens is 1. The van der Waals surface area contributed by atoms with Crippen LogP contribution >= 0.6 is 15.9 Å². The number of fused-ring (bicyclic) bond motifs is 5. The van der Waals surface area contributed by atoms with Crippen LogP contribution < -0.4 is 0 Å². The lowest BCUT2D eigenvalue weighted by Gasteiger charge is -2.58. The Kier molecular flexibility index (Phi) is 8.33. The first kappa shape index (κ1) is 26.7. The summed E-state index contributed by atoms with van der Waals surface area (Å²) in [6, 6.07) is 0. The fourth-order valence-corrected chi connectivity index (χ4v) is 9.27. The van der Waals surface area contributed by atoms with E-state index in [-0.39, 0.29) is 16.9 Å². The van der Waals surface area contributed by atoms with E-state index < -0.39 is 0 Å². The maximum absolute atomic E-state index is 12.4. The average Bonchev–Trinajstić information content (AvgIpc) is 3.15. The molecule has 0 aromatic rings. The molecule has 34 heavy (non-hydrogen) atoms. The third kappa shape index (κ3) is 4.95. The third-order valence-electron chi connectivity index (χ3n) is 11.2. The minimum Gasteiger partial charge on any atom is -0.461 e. The molecule has 0 N–H and O–H groups in total. The van der Waals surface area contributed by atoms with Crippen molar-refractivity contribution in [2.45, 2.75) is 130 Å². The van der Waals surface area contributed by atoms with Crippen molar-refractivity contribution in [1.29, 1.82) is 0 Å². The van der Waals surface area contributed by atoms with Crippen molar-refractivity contribution in [3.05, 3.63) is 11.6 Å². The van der Waals surface area contributed by atoms with E-state index in [1.54, 1.807) is 5.57 Å². The van der Waals surface area contributed by atoms with Gasteiger partial charge in [0.05, 0.1) is 0 Å². The van der Waals surface area contributed by atoms with Crippen molar-refractivity contribution >= 4 is 21.9 Å². The summed E-state index contributed by atoms with van der Waals surface area (Å²) in [7, 11) is 0. The summed E-state index contributed by atoms with van der Waals surface area (Å²) in [5.41, 5.74) is 2.49. The molecule has 0 spiro atoms. The van der Waals surface area contributed by atoms with E-state index >= 15 is 0 Å². The standard InChI is InChI=1S/C31H51BrO2/c1-7-28(32)29(33)34-23-15-17-30(5)22(19-23)11-12-24-26-14-13-25(21(4)10-8-9-20(2)3)31(26,6)18-16-27(24)30/h11,20-21,23-28H,7-10,12-19H2,1-6H3/t21?,23-,24-,25+,26-,27-,28?,30-,31+/m0/s1. The molecule has 0 heterocycles. The van der Waals surface area contributed by atoms with Crippen LogP contribution in [0, 0.1) is 46.3 Å². The minimum atomic E-state index is -0.162. The lowest BCUT2D eigenvalue weighted by molar-refractivity contribution is -0.150. The summed E-state index contributed by atoms with van der Waals surface area (Å²) in [5, 5.41) is 0. The molecule has 0 bridgehead atoms. The second-order valence-electron chi connectivity index (χ2n) is 13.5. The summed E-state index contributed by atoms with van der Waals surface area (Å²) < 4.78 is 5.92. The van der Waals surface area contributed by atoms with E-state index in [1.807, 2.05) is 6.92 Å². The fourth-order valence-electron chi connectivity index (χ4n) is 9.16. The van der Waals surface area contributed by atoms with Gasteiger partial charge in [0.25, 0.3) is 0 Å². The molecule has 194 valence electrons. The van der Waals surface area contributed by atoms with Crippen LogP contribution in [0.2, 0.25) is 0 Å². The smallest absolute Gasteiger partial charge is 0.319 e. The van der Waals surface area contributed by atoms with Crippen molar-refractivity contribution in [3.8, 4) is 0 Å². The summed E-state index contributed by atoms with van der Waals surface area (Å²) >= 11 is 3.47. The Labute approximate surface area is 218 Å². The van der Waals surface area contributed by atoms with Crippen molar-refractivity contribution < 1.29 is 9.53 Å². The number of esters is 1. The first-order valence-electron chi connectivity index (χ1n) is 14.6.